The zero-order chi connectivity index (χ0) is 45.7. The van der Waals surface area contributed by atoms with E-state index in [0.717, 1.165) is 22.7 Å². The molecule has 13 rings (SSSR count). The quantitative estimate of drug-likeness (QED) is 0.140. The van der Waals surface area contributed by atoms with Gasteiger partial charge in [-0.2, -0.15) is 0 Å². The number of hydrogen-bond acceptors (Lipinski definition) is 1. The normalized spacial score (nSPS) is 12.5. The summed E-state index contributed by atoms with van der Waals surface area (Å²) >= 11 is 0. The lowest BCUT2D eigenvalue weighted by Crippen LogP contribution is -2.28. The summed E-state index contributed by atoms with van der Waals surface area (Å²) in [7, 11) is 0. The SMILES string of the molecule is c1ccc(-c2ccc(N(c3ccc(-c4ccc5c(c4)c4cc(-c6ccccc6)ccc4n5-c4ccccc4)cc3)c3ccc(C4(c5ccccc5)c5ccccc5-c5ccccc54)cc3)cc2)cc1. The summed E-state index contributed by atoms with van der Waals surface area (Å²) in [6, 6.07) is 102. The lowest BCUT2D eigenvalue weighted by atomic mass is 9.68. The van der Waals surface area contributed by atoms with Crippen molar-refractivity contribution in [1.82, 2.24) is 4.57 Å². The van der Waals surface area contributed by atoms with Crippen LogP contribution in [0.3, 0.4) is 0 Å². The molecule has 1 heterocycles. The molecule has 0 amide bonds. The van der Waals surface area contributed by atoms with Crippen LogP contribution in [-0.2, 0) is 5.41 Å². The summed E-state index contributed by atoms with van der Waals surface area (Å²) in [5, 5.41) is 2.47. The molecule has 11 aromatic carbocycles. The highest BCUT2D eigenvalue weighted by Gasteiger charge is 2.45. The summed E-state index contributed by atoms with van der Waals surface area (Å²) in [4.78, 5) is 2.38. The first-order chi connectivity index (χ1) is 34.2. The number of benzene rings is 11. The van der Waals surface area contributed by atoms with Gasteiger partial charge in [0.2, 0.25) is 0 Å². The minimum absolute atomic E-state index is 0.464. The molecule has 0 saturated carbocycles. The van der Waals surface area contributed by atoms with E-state index in [2.05, 4.69) is 289 Å². The fourth-order valence-electron chi connectivity index (χ4n) is 11.1. The van der Waals surface area contributed by atoms with Gasteiger partial charge in [-0.1, -0.05) is 206 Å². The average Bonchev–Trinajstić information content (AvgIpc) is 3.93. The van der Waals surface area contributed by atoms with E-state index in [-0.39, 0.29) is 0 Å². The zero-order valence-corrected chi connectivity index (χ0v) is 38.0. The Bertz CT molecular complexity index is 3740. The third-order valence-corrected chi connectivity index (χ3v) is 14.3. The van der Waals surface area contributed by atoms with E-state index in [9.17, 15) is 0 Å². The smallest absolute Gasteiger partial charge is 0.0713 e. The number of hydrogen-bond donors (Lipinski definition) is 0. The van der Waals surface area contributed by atoms with Gasteiger partial charge in [-0.05, 0) is 140 Å². The Morgan fingerprint density at radius 3 is 1.12 bits per heavy atom. The summed E-state index contributed by atoms with van der Waals surface area (Å²) in [6.45, 7) is 0. The Morgan fingerprint density at radius 2 is 0.623 bits per heavy atom. The summed E-state index contributed by atoms with van der Waals surface area (Å²) in [5.74, 6) is 0. The number of anilines is 3. The predicted molar refractivity (Wildman–Crippen MR) is 289 cm³/mol. The molecule has 324 valence electrons. The van der Waals surface area contributed by atoms with Crippen LogP contribution in [0.2, 0.25) is 0 Å². The molecule has 0 atom stereocenters. The molecule has 12 aromatic rings. The van der Waals surface area contributed by atoms with Crippen molar-refractivity contribution in [3.63, 3.8) is 0 Å². The van der Waals surface area contributed by atoms with Crippen LogP contribution in [0.4, 0.5) is 17.1 Å². The third kappa shape index (κ3) is 6.72. The van der Waals surface area contributed by atoms with Gasteiger partial charge in [0, 0.05) is 33.5 Å². The van der Waals surface area contributed by atoms with Gasteiger partial charge in [0.25, 0.3) is 0 Å². The molecular formula is C67H46N2. The number of nitrogens with zero attached hydrogens (tertiary/aromatic N) is 2. The first-order valence-electron chi connectivity index (χ1n) is 23.8. The maximum Gasteiger partial charge on any atom is 0.0713 e. The molecule has 1 aromatic heterocycles. The van der Waals surface area contributed by atoms with Gasteiger partial charge < -0.3 is 9.47 Å². The molecule has 1 aliphatic carbocycles. The topological polar surface area (TPSA) is 8.17 Å². The zero-order valence-electron chi connectivity index (χ0n) is 38.0. The highest BCUT2D eigenvalue weighted by Crippen LogP contribution is 2.56. The standard InChI is InChI=1S/C67H46N2/c1-5-17-47(18-6-1)49-29-37-56(38-30-49)68(58-41-35-54(36-42-58)67(53-21-9-3-10-22-53)63-27-15-13-25-59(63)60-26-14-16-28-64(60)67)57-39-31-50(32-40-57)52-34-44-66-62(46-52)61-45-51(48-19-7-2-8-20-48)33-43-65(61)69(66)55-23-11-4-12-24-55/h1-46H. The van der Waals surface area contributed by atoms with E-state index in [1.165, 1.54) is 88.6 Å². The van der Waals surface area contributed by atoms with Crippen molar-refractivity contribution in [3.05, 3.63) is 301 Å². The highest BCUT2D eigenvalue weighted by atomic mass is 15.1. The number of aromatic nitrogens is 1. The van der Waals surface area contributed by atoms with Gasteiger partial charge in [-0.25, -0.2) is 0 Å². The van der Waals surface area contributed by atoms with E-state index in [1.54, 1.807) is 0 Å². The lowest BCUT2D eigenvalue weighted by Gasteiger charge is -2.34. The Labute approximate surface area is 403 Å². The van der Waals surface area contributed by atoms with Gasteiger partial charge in [0.05, 0.1) is 16.4 Å². The second-order valence-corrected chi connectivity index (χ2v) is 18.1. The molecule has 0 radical (unpaired) electrons. The van der Waals surface area contributed by atoms with Crippen molar-refractivity contribution < 1.29 is 0 Å². The molecule has 2 heteroatoms. The molecule has 0 N–H and O–H groups in total. The molecule has 0 spiro atoms. The first kappa shape index (κ1) is 40.3. The molecule has 69 heavy (non-hydrogen) atoms. The van der Waals surface area contributed by atoms with Crippen LogP contribution >= 0.6 is 0 Å². The molecular weight excluding hydrogens is 833 g/mol. The third-order valence-electron chi connectivity index (χ3n) is 14.3. The van der Waals surface area contributed by atoms with Crippen LogP contribution in [0, 0.1) is 0 Å². The Balaban J connectivity index is 0.925. The molecule has 0 aliphatic heterocycles. The maximum atomic E-state index is 2.39. The van der Waals surface area contributed by atoms with Crippen LogP contribution in [0.5, 0.6) is 0 Å². The van der Waals surface area contributed by atoms with Crippen LogP contribution in [0.25, 0.3) is 72.0 Å². The Morgan fingerprint density at radius 1 is 0.275 bits per heavy atom. The van der Waals surface area contributed by atoms with Gasteiger partial charge >= 0.3 is 0 Å². The van der Waals surface area contributed by atoms with E-state index < -0.39 is 5.41 Å². The van der Waals surface area contributed by atoms with Gasteiger partial charge in [-0.3, -0.25) is 0 Å². The van der Waals surface area contributed by atoms with Crippen LogP contribution in [-0.4, -0.2) is 4.57 Å². The van der Waals surface area contributed by atoms with E-state index in [1.807, 2.05) is 0 Å². The maximum absolute atomic E-state index is 2.39. The first-order valence-corrected chi connectivity index (χ1v) is 23.8. The molecule has 0 bridgehead atoms. The molecule has 0 unspecified atom stereocenters. The van der Waals surface area contributed by atoms with Gasteiger partial charge in [0.15, 0.2) is 0 Å². The molecule has 0 fully saturated rings. The summed E-state index contributed by atoms with van der Waals surface area (Å²) in [6.07, 6.45) is 0. The number of rotatable bonds is 9. The second-order valence-electron chi connectivity index (χ2n) is 18.1. The summed E-state index contributed by atoms with van der Waals surface area (Å²) < 4.78 is 2.39. The molecule has 1 aliphatic rings. The van der Waals surface area contributed by atoms with Crippen molar-refractivity contribution in [3.8, 4) is 50.2 Å². The summed E-state index contributed by atoms with van der Waals surface area (Å²) in [5.41, 5.74) is 21.2. The fraction of sp³-hybridized carbons (Fsp3) is 0.0149. The fourth-order valence-corrected chi connectivity index (χ4v) is 11.1. The highest BCUT2D eigenvalue weighted by molar-refractivity contribution is 6.11. The largest absolute Gasteiger partial charge is 0.311 e. The number of para-hydroxylation sites is 1. The minimum atomic E-state index is -0.464. The van der Waals surface area contributed by atoms with Crippen molar-refractivity contribution in [2.75, 3.05) is 4.90 Å². The van der Waals surface area contributed by atoms with Crippen LogP contribution < -0.4 is 4.90 Å². The average molecular weight is 879 g/mol. The molecule has 0 saturated heterocycles. The van der Waals surface area contributed by atoms with Crippen molar-refractivity contribution in [2.24, 2.45) is 0 Å². The predicted octanol–water partition coefficient (Wildman–Crippen LogP) is 17.6. The second kappa shape index (κ2) is 16.7. The lowest BCUT2D eigenvalue weighted by molar-refractivity contribution is 0.768. The van der Waals surface area contributed by atoms with Crippen LogP contribution in [0.15, 0.2) is 279 Å². The Hall–Kier alpha value is -8.98. The monoisotopic (exact) mass is 878 g/mol. The molecule has 2 nitrogen and oxygen atoms in total. The van der Waals surface area contributed by atoms with Crippen molar-refractivity contribution in [1.29, 1.82) is 0 Å². The van der Waals surface area contributed by atoms with Crippen molar-refractivity contribution >= 4 is 38.9 Å². The van der Waals surface area contributed by atoms with Crippen molar-refractivity contribution in [2.45, 2.75) is 5.41 Å². The van der Waals surface area contributed by atoms with E-state index >= 15 is 0 Å². The van der Waals surface area contributed by atoms with Gasteiger partial charge in [0.1, 0.15) is 0 Å². The van der Waals surface area contributed by atoms with E-state index in [4.69, 9.17) is 0 Å². The van der Waals surface area contributed by atoms with Crippen LogP contribution in [0.1, 0.15) is 22.3 Å². The minimum Gasteiger partial charge on any atom is -0.311 e. The van der Waals surface area contributed by atoms with E-state index in [0.29, 0.717) is 0 Å². The number of fused-ring (bicyclic) bond motifs is 6. The van der Waals surface area contributed by atoms with Gasteiger partial charge in [-0.15, -0.1) is 0 Å². The Kier molecular flexibility index (Phi) is 9.77.